The van der Waals surface area contributed by atoms with Crippen LogP contribution in [-0.4, -0.2) is 4.92 Å². The summed E-state index contributed by atoms with van der Waals surface area (Å²) in [7, 11) is 0. The molecule has 0 aromatic heterocycles. The van der Waals surface area contributed by atoms with Crippen molar-refractivity contribution in [2.45, 2.75) is 18.4 Å². The molecule has 0 saturated heterocycles. The van der Waals surface area contributed by atoms with Crippen LogP contribution in [0.3, 0.4) is 0 Å². The molecule has 0 aliphatic carbocycles. The zero-order valence-corrected chi connectivity index (χ0v) is 12.0. The third-order valence-electron chi connectivity index (χ3n) is 2.98. The van der Waals surface area contributed by atoms with E-state index >= 15 is 0 Å². The summed E-state index contributed by atoms with van der Waals surface area (Å²) < 4.78 is 0. The summed E-state index contributed by atoms with van der Waals surface area (Å²) in [5.41, 5.74) is 9.39. The highest BCUT2D eigenvalue weighted by molar-refractivity contribution is 7.97. The average molecular weight is 288 g/mol. The van der Waals surface area contributed by atoms with Gasteiger partial charge in [-0.25, -0.2) is 0 Å². The Morgan fingerprint density at radius 1 is 1.20 bits per heavy atom. The minimum atomic E-state index is -0.440. The molecule has 5 heteroatoms. The van der Waals surface area contributed by atoms with Crippen LogP contribution in [0.15, 0.2) is 42.5 Å². The molecule has 0 radical (unpaired) electrons. The summed E-state index contributed by atoms with van der Waals surface area (Å²) in [6.07, 6.45) is 0. The molecule has 0 fully saturated rings. The molecule has 4 nitrogen and oxygen atoms in total. The molecule has 2 rings (SSSR count). The van der Waals surface area contributed by atoms with Crippen molar-refractivity contribution in [2.24, 2.45) is 0 Å². The lowest BCUT2D eigenvalue weighted by molar-refractivity contribution is -0.383. The zero-order chi connectivity index (χ0) is 14.5. The normalized spacial score (nSPS) is 10.4. The number of nitro benzene ring substituents is 1. The standard InChI is InChI=1S/C15H16N2O2S/c1-11-4-2-5-12(8-11)9-20-10-13-6-3-7-14(15(13)16)17(18)19/h2-8H,9-10,16H2,1H3. The van der Waals surface area contributed by atoms with Crippen LogP contribution in [0.25, 0.3) is 0 Å². The predicted molar refractivity (Wildman–Crippen MR) is 83.7 cm³/mol. The van der Waals surface area contributed by atoms with Gasteiger partial charge in [-0.15, -0.1) is 0 Å². The maximum atomic E-state index is 10.8. The van der Waals surface area contributed by atoms with Crippen molar-refractivity contribution in [1.82, 2.24) is 0 Å². The van der Waals surface area contributed by atoms with E-state index in [0.29, 0.717) is 5.75 Å². The zero-order valence-electron chi connectivity index (χ0n) is 11.2. The number of nitrogen functional groups attached to an aromatic ring is 1. The summed E-state index contributed by atoms with van der Waals surface area (Å²) in [5, 5.41) is 10.8. The van der Waals surface area contributed by atoms with Crippen molar-refractivity contribution < 1.29 is 4.92 Å². The molecule has 0 heterocycles. The second-order valence-corrected chi connectivity index (χ2v) is 5.57. The molecule has 104 valence electrons. The Morgan fingerprint density at radius 2 is 1.95 bits per heavy atom. The minimum absolute atomic E-state index is 0.0151. The summed E-state index contributed by atoms with van der Waals surface area (Å²) in [6.45, 7) is 2.06. The van der Waals surface area contributed by atoms with Crippen LogP contribution in [0.5, 0.6) is 0 Å². The van der Waals surface area contributed by atoms with Crippen molar-refractivity contribution in [1.29, 1.82) is 0 Å². The molecule has 0 unspecified atom stereocenters. The Hall–Kier alpha value is -2.01. The summed E-state index contributed by atoms with van der Waals surface area (Å²) >= 11 is 1.70. The number of nitro groups is 1. The Labute approximate surface area is 122 Å². The third kappa shape index (κ3) is 3.51. The van der Waals surface area contributed by atoms with Gasteiger partial charge in [0.2, 0.25) is 0 Å². The molecule has 0 bridgehead atoms. The molecule has 2 N–H and O–H groups in total. The van der Waals surface area contributed by atoms with E-state index in [1.807, 2.05) is 12.1 Å². The Bertz CT molecular complexity index is 629. The van der Waals surface area contributed by atoms with Crippen LogP contribution in [0.2, 0.25) is 0 Å². The van der Waals surface area contributed by atoms with Gasteiger partial charge in [0.25, 0.3) is 5.69 Å². The first-order chi connectivity index (χ1) is 9.58. The number of benzene rings is 2. The highest BCUT2D eigenvalue weighted by Crippen LogP contribution is 2.28. The monoisotopic (exact) mass is 288 g/mol. The van der Waals surface area contributed by atoms with Gasteiger partial charge < -0.3 is 5.73 Å². The SMILES string of the molecule is Cc1cccc(CSCc2cccc([N+](=O)[O-])c2N)c1. The maximum absolute atomic E-state index is 10.8. The van der Waals surface area contributed by atoms with Crippen molar-refractivity contribution in [3.05, 3.63) is 69.3 Å². The van der Waals surface area contributed by atoms with E-state index in [4.69, 9.17) is 5.73 Å². The van der Waals surface area contributed by atoms with Gasteiger partial charge in [0.05, 0.1) is 4.92 Å². The summed E-state index contributed by atoms with van der Waals surface area (Å²) in [4.78, 5) is 10.4. The highest BCUT2D eigenvalue weighted by atomic mass is 32.2. The molecule has 2 aromatic rings. The number of thioether (sulfide) groups is 1. The van der Waals surface area contributed by atoms with E-state index in [1.165, 1.54) is 17.2 Å². The lowest BCUT2D eigenvalue weighted by atomic mass is 10.2. The fourth-order valence-electron chi connectivity index (χ4n) is 1.97. The number of hydrogen-bond donors (Lipinski definition) is 1. The second-order valence-electron chi connectivity index (χ2n) is 4.59. The van der Waals surface area contributed by atoms with Gasteiger partial charge in [-0.3, -0.25) is 10.1 Å². The molecule has 2 aromatic carbocycles. The molecule has 0 saturated carbocycles. The maximum Gasteiger partial charge on any atom is 0.292 e. The molecule has 0 atom stereocenters. The molecule has 0 aliphatic heterocycles. The van der Waals surface area contributed by atoms with Gasteiger partial charge in [0.1, 0.15) is 5.69 Å². The lowest BCUT2D eigenvalue weighted by Crippen LogP contribution is -1.99. The van der Waals surface area contributed by atoms with Crippen molar-refractivity contribution in [3.63, 3.8) is 0 Å². The Morgan fingerprint density at radius 3 is 2.65 bits per heavy atom. The summed E-state index contributed by atoms with van der Waals surface area (Å²) in [6, 6.07) is 13.3. The van der Waals surface area contributed by atoms with Crippen molar-refractivity contribution in [2.75, 3.05) is 5.73 Å². The van der Waals surface area contributed by atoms with Crippen LogP contribution < -0.4 is 5.73 Å². The largest absolute Gasteiger partial charge is 0.393 e. The fraction of sp³-hybridized carbons (Fsp3) is 0.200. The van der Waals surface area contributed by atoms with E-state index in [9.17, 15) is 10.1 Å². The van der Waals surface area contributed by atoms with Crippen LogP contribution in [-0.2, 0) is 11.5 Å². The number of anilines is 1. The molecule has 0 spiro atoms. The smallest absolute Gasteiger partial charge is 0.292 e. The van der Waals surface area contributed by atoms with Crippen LogP contribution in [0.1, 0.15) is 16.7 Å². The number of para-hydroxylation sites is 1. The third-order valence-corrected chi connectivity index (χ3v) is 4.03. The van der Waals surface area contributed by atoms with E-state index in [2.05, 4.69) is 25.1 Å². The van der Waals surface area contributed by atoms with E-state index in [0.717, 1.165) is 11.3 Å². The topological polar surface area (TPSA) is 69.2 Å². The summed E-state index contributed by atoms with van der Waals surface area (Å²) in [5.74, 6) is 1.53. The van der Waals surface area contributed by atoms with Gasteiger partial charge in [-0.2, -0.15) is 11.8 Å². The number of aryl methyl sites for hydroxylation is 1. The number of nitrogens with zero attached hydrogens (tertiary/aromatic N) is 1. The molecular weight excluding hydrogens is 272 g/mol. The average Bonchev–Trinajstić information content (AvgIpc) is 2.40. The van der Waals surface area contributed by atoms with Gasteiger partial charge in [-0.1, -0.05) is 42.0 Å². The van der Waals surface area contributed by atoms with Gasteiger partial charge in [-0.05, 0) is 18.1 Å². The highest BCUT2D eigenvalue weighted by Gasteiger charge is 2.13. The number of nitrogens with two attached hydrogens (primary N) is 1. The predicted octanol–water partition coefficient (Wildman–Crippen LogP) is 3.92. The second kappa shape index (κ2) is 6.43. The van der Waals surface area contributed by atoms with E-state index < -0.39 is 4.92 Å². The number of hydrogen-bond acceptors (Lipinski definition) is 4. The first kappa shape index (κ1) is 14.4. The molecule has 20 heavy (non-hydrogen) atoms. The molecule has 0 amide bonds. The number of rotatable bonds is 5. The minimum Gasteiger partial charge on any atom is -0.393 e. The van der Waals surface area contributed by atoms with E-state index in [-0.39, 0.29) is 11.4 Å². The van der Waals surface area contributed by atoms with Crippen molar-refractivity contribution >= 4 is 23.1 Å². The fourth-order valence-corrected chi connectivity index (χ4v) is 2.95. The van der Waals surface area contributed by atoms with E-state index in [1.54, 1.807) is 17.8 Å². The Balaban J connectivity index is 2.01. The first-order valence-electron chi connectivity index (χ1n) is 6.23. The van der Waals surface area contributed by atoms with Crippen molar-refractivity contribution in [3.8, 4) is 0 Å². The lowest BCUT2D eigenvalue weighted by Gasteiger charge is -2.06. The van der Waals surface area contributed by atoms with Crippen LogP contribution in [0.4, 0.5) is 11.4 Å². The van der Waals surface area contributed by atoms with Gasteiger partial charge in [0, 0.05) is 17.6 Å². The van der Waals surface area contributed by atoms with Crippen LogP contribution in [0, 0.1) is 17.0 Å². The van der Waals surface area contributed by atoms with Crippen LogP contribution >= 0.6 is 11.8 Å². The Kier molecular flexibility index (Phi) is 4.63. The van der Waals surface area contributed by atoms with Gasteiger partial charge in [0.15, 0.2) is 0 Å². The molecular formula is C15H16N2O2S. The van der Waals surface area contributed by atoms with Gasteiger partial charge >= 0.3 is 0 Å². The quantitative estimate of drug-likeness (QED) is 0.514. The first-order valence-corrected chi connectivity index (χ1v) is 7.38. The molecule has 0 aliphatic rings.